The average Bonchev–Trinajstić information content (AvgIpc) is 2.94. The first-order chi connectivity index (χ1) is 9.78. The topological polar surface area (TPSA) is 79.0 Å². The third-order valence-electron chi connectivity index (χ3n) is 3.27. The second-order valence-corrected chi connectivity index (χ2v) is 4.60. The number of benzene rings is 1. The number of carbonyl (C=O) groups is 1. The van der Waals surface area contributed by atoms with Crippen molar-refractivity contribution in [3.8, 4) is 5.75 Å². The Morgan fingerprint density at radius 3 is 3.20 bits per heavy atom. The van der Waals surface area contributed by atoms with E-state index in [-0.39, 0.29) is 5.91 Å². The van der Waals surface area contributed by atoms with Crippen LogP contribution in [0.2, 0.25) is 0 Å². The molecule has 2 aromatic rings. The number of carbonyl (C=O) groups excluding carboxylic acids is 1. The minimum atomic E-state index is -0.557. The predicted octanol–water partition coefficient (Wildman–Crippen LogP) is 1.78. The van der Waals surface area contributed by atoms with E-state index in [1.807, 2.05) is 31.2 Å². The lowest BCUT2D eigenvalue weighted by Gasteiger charge is -2.26. The minimum absolute atomic E-state index is 0.189. The number of nitrogens with one attached hydrogen (secondary N) is 3. The first-order valence-electron chi connectivity index (χ1n) is 6.60. The summed E-state index contributed by atoms with van der Waals surface area (Å²) in [5, 5.41) is 12.7. The highest BCUT2D eigenvalue weighted by Gasteiger charge is 2.26. The van der Waals surface area contributed by atoms with Crippen LogP contribution in [0.1, 0.15) is 12.5 Å². The van der Waals surface area contributed by atoms with E-state index in [9.17, 15) is 4.79 Å². The van der Waals surface area contributed by atoms with Crippen LogP contribution in [0.3, 0.4) is 0 Å². The van der Waals surface area contributed by atoms with Gasteiger partial charge in [0, 0.05) is 5.56 Å². The molecule has 1 atom stereocenters. The van der Waals surface area contributed by atoms with Gasteiger partial charge in [-0.2, -0.15) is 5.10 Å². The predicted molar refractivity (Wildman–Crippen MR) is 75.9 cm³/mol. The van der Waals surface area contributed by atoms with Crippen molar-refractivity contribution in [3.63, 3.8) is 0 Å². The molecule has 2 heterocycles. The van der Waals surface area contributed by atoms with Gasteiger partial charge < -0.3 is 15.4 Å². The number of ether oxygens (including phenoxy) is 1. The van der Waals surface area contributed by atoms with Crippen LogP contribution < -0.4 is 15.4 Å². The number of fused-ring (bicyclic) bond motifs is 1. The lowest BCUT2D eigenvalue weighted by molar-refractivity contribution is -0.122. The zero-order chi connectivity index (χ0) is 13.9. The average molecular weight is 272 g/mol. The number of anilines is 2. The molecule has 1 aliphatic rings. The molecule has 0 aliphatic carbocycles. The summed E-state index contributed by atoms with van der Waals surface area (Å²) < 4.78 is 5.71. The van der Waals surface area contributed by atoms with Gasteiger partial charge in [-0.1, -0.05) is 19.1 Å². The Labute approximate surface area is 116 Å². The highest BCUT2D eigenvalue weighted by Crippen LogP contribution is 2.28. The van der Waals surface area contributed by atoms with E-state index in [1.54, 1.807) is 6.20 Å². The largest absolute Gasteiger partial charge is 0.477 e. The quantitative estimate of drug-likeness (QED) is 0.796. The first-order valence-corrected chi connectivity index (χ1v) is 6.60. The Hall–Kier alpha value is -2.50. The van der Waals surface area contributed by atoms with Gasteiger partial charge in [-0.15, -0.1) is 0 Å². The molecule has 6 heteroatoms. The molecule has 6 nitrogen and oxygen atoms in total. The molecule has 1 aromatic heterocycles. The van der Waals surface area contributed by atoms with Crippen molar-refractivity contribution in [1.29, 1.82) is 0 Å². The smallest absolute Gasteiger partial charge is 0.268 e. The van der Waals surface area contributed by atoms with Gasteiger partial charge in [0.1, 0.15) is 11.6 Å². The van der Waals surface area contributed by atoms with Crippen molar-refractivity contribution in [3.05, 3.63) is 36.0 Å². The van der Waals surface area contributed by atoms with Gasteiger partial charge in [0.25, 0.3) is 5.91 Å². The Kier molecular flexibility index (Phi) is 3.28. The highest BCUT2D eigenvalue weighted by atomic mass is 16.5. The van der Waals surface area contributed by atoms with Gasteiger partial charge in [0.2, 0.25) is 0 Å². The van der Waals surface area contributed by atoms with E-state index in [4.69, 9.17) is 4.74 Å². The third kappa shape index (κ3) is 2.32. The monoisotopic (exact) mass is 272 g/mol. The maximum absolute atomic E-state index is 12.2. The molecule has 1 aliphatic heterocycles. The number of aryl methyl sites for hydroxylation is 1. The fraction of sp³-hybridized carbons (Fsp3) is 0.286. The molecule has 0 spiro atoms. The van der Waals surface area contributed by atoms with Crippen molar-refractivity contribution in [2.24, 2.45) is 0 Å². The Balaban J connectivity index is 1.70. The molecular weight excluding hydrogens is 256 g/mol. The molecule has 0 bridgehead atoms. The molecule has 0 saturated heterocycles. The summed E-state index contributed by atoms with van der Waals surface area (Å²) >= 11 is 0. The Morgan fingerprint density at radius 1 is 1.50 bits per heavy atom. The zero-order valence-corrected chi connectivity index (χ0v) is 11.1. The van der Waals surface area contributed by atoms with Gasteiger partial charge in [0.15, 0.2) is 6.10 Å². The van der Waals surface area contributed by atoms with Crippen LogP contribution in [-0.2, 0) is 11.2 Å². The van der Waals surface area contributed by atoms with E-state index < -0.39 is 6.10 Å². The van der Waals surface area contributed by atoms with Crippen LogP contribution >= 0.6 is 0 Å². The molecule has 0 radical (unpaired) electrons. The fourth-order valence-electron chi connectivity index (χ4n) is 2.15. The van der Waals surface area contributed by atoms with Crippen LogP contribution in [0.5, 0.6) is 5.75 Å². The molecule has 0 fully saturated rings. The second kappa shape index (κ2) is 5.24. The number of aromatic amines is 1. The normalized spacial score (nSPS) is 16.8. The number of hydrogen-bond acceptors (Lipinski definition) is 4. The maximum atomic E-state index is 12.2. The Bertz CT molecular complexity index is 623. The van der Waals surface area contributed by atoms with E-state index in [0.717, 1.165) is 17.7 Å². The van der Waals surface area contributed by atoms with Crippen molar-refractivity contribution in [2.75, 3.05) is 17.2 Å². The molecule has 0 saturated carbocycles. The van der Waals surface area contributed by atoms with Crippen molar-refractivity contribution < 1.29 is 9.53 Å². The van der Waals surface area contributed by atoms with E-state index >= 15 is 0 Å². The summed E-state index contributed by atoms with van der Waals surface area (Å²) in [6, 6.07) is 7.57. The Morgan fingerprint density at radius 2 is 2.35 bits per heavy atom. The summed E-state index contributed by atoms with van der Waals surface area (Å²) in [6.07, 6.45) is 1.96. The number of para-hydroxylation sites is 2. The lowest BCUT2D eigenvalue weighted by atomic mass is 10.2. The highest BCUT2D eigenvalue weighted by molar-refractivity contribution is 5.95. The van der Waals surface area contributed by atoms with E-state index in [0.29, 0.717) is 18.1 Å². The van der Waals surface area contributed by atoms with Crippen LogP contribution in [0.15, 0.2) is 30.5 Å². The third-order valence-corrected chi connectivity index (χ3v) is 3.27. The van der Waals surface area contributed by atoms with Crippen LogP contribution in [0, 0.1) is 0 Å². The number of nitrogens with zero attached hydrogens (tertiary/aromatic N) is 1. The lowest BCUT2D eigenvalue weighted by Crippen LogP contribution is -2.41. The molecule has 3 rings (SSSR count). The number of rotatable bonds is 3. The number of aromatic nitrogens is 2. The summed E-state index contributed by atoms with van der Waals surface area (Å²) in [5.41, 5.74) is 1.88. The van der Waals surface area contributed by atoms with Crippen LogP contribution in [-0.4, -0.2) is 28.8 Å². The number of amides is 1. The molecule has 1 aromatic carbocycles. The van der Waals surface area contributed by atoms with Crippen LogP contribution in [0.25, 0.3) is 0 Å². The van der Waals surface area contributed by atoms with E-state index in [2.05, 4.69) is 20.8 Å². The number of H-pyrrole nitrogens is 1. The van der Waals surface area contributed by atoms with Crippen LogP contribution in [0.4, 0.5) is 11.5 Å². The molecule has 1 unspecified atom stereocenters. The second-order valence-electron chi connectivity index (χ2n) is 4.60. The standard InChI is InChI=1S/C14H16N4O2/c1-2-9-7-16-18-13(9)17-14(19)12-8-15-10-5-3-4-6-11(10)20-12/h3-7,12,15H,2,8H2,1H3,(H2,16,17,18,19). The van der Waals surface area contributed by atoms with Crippen molar-refractivity contribution >= 4 is 17.4 Å². The summed E-state index contributed by atoms with van der Waals surface area (Å²) in [6.45, 7) is 2.45. The van der Waals surface area contributed by atoms with Gasteiger partial charge in [-0.05, 0) is 18.6 Å². The molecule has 3 N–H and O–H groups in total. The maximum Gasteiger partial charge on any atom is 0.268 e. The van der Waals surface area contributed by atoms with Crippen molar-refractivity contribution in [2.45, 2.75) is 19.4 Å². The fourth-order valence-corrected chi connectivity index (χ4v) is 2.15. The van der Waals surface area contributed by atoms with Gasteiger partial charge in [0.05, 0.1) is 18.4 Å². The SMILES string of the molecule is CCc1cn[nH]c1NC(=O)C1CNc2ccccc2O1. The summed E-state index contributed by atoms with van der Waals surface area (Å²) in [7, 11) is 0. The molecule has 104 valence electrons. The number of hydrogen-bond donors (Lipinski definition) is 3. The van der Waals surface area contributed by atoms with Gasteiger partial charge in [-0.25, -0.2) is 0 Å². The summed E-state index contributed by atoms with van der Waals surface area (Å²) in [5.74, 6) is 1.14. The first kappa shape index (κ1) is 12.5. The minimum Gasteiger partial charge on any atom is -0.477 e. The van der Waals surface area contributed by atoms with E-state index in [1.165, 1.54) is 0 Å². The van der Waals surface area contributed by atoms with Gasteiger partial charge in [-0.3, -0.25) is 9.89 Å². The van der Waals surface area contributed by atoms with Gasteiger partial charge >= 0.3 is 0 Å². The zero-order valence-electron chi connectivity index (χ0n) is 11.1. The van der Waals surface area contributed by atoms with Crippen molar-refractivity contribution in [1.82, 2.24) is 10.2 Å². The molecule has 1 amide bonds. The summed E-state index contributed by atoms with van der Waals surface area (Å²) in [4.78, 5) is 12.2. The molecule has 20 heavy (non-hydrogen) atoms. The molecular formula is C14H16N4O2.